The lowest BCUT2D eigenvalue weighted by molar-refractivity contribution is -0.160. The number of carboxylic acids is 1. The van der Waals surface area contributed by atoms with Gasteiger partial charge in [-0.15, -0.1) is 11.8 Å². The molecule has 200 valence electrons. The Balaban J connectivity index is 1.58. The van der Waals surface area contributed by atoms with Crippen LogP contribution in [0.4, 0.5) is 0 Å². The molecule has 4 aromatic rings. The fourth-order valence-electron chi connectivity index (χ4n) is 3.94. The molecule has 2 N–H and O–H groups in total. The molecule has 8 heteroatoms. The summed E-state index contributed by atoms with van der Waals surface area (Å²) >= 11 is 1.30. The second-order valence-corrected chi connectivity index (χ2v) is 11.0. The van der Waals surface area contributed by atoms with E-state index in [2.05, 4.69) is 5.32 Å². The van der Waals surface area contributed by atoms with Crippen molar-refractivity contribution in [3.63, 3.8) is 0 Å². The van der Waals surface area contributed by atoms with E-state index in [4.69, 9.17) is 14.7 Å². The van der Waals surface area contributed by atoms with E-state index in [9.17, 15) is 14.7 Å². The van der Waals surface area contributed by atoms with E-state index in [0.29, 0.717) is 18.0 Å². The summed E-state index contributed by atoms with van der Waals surface area (Å²) in [7, 11) is 0. The Hall–Kier alpha value is -4.01. The van der Waals surface area contributed by atoms with Crippen LogP contribution in [-0.4, -0.2) is 44.5 Å². The van der Waals surface area contributed by atoms with Gasteiger partial charge in [-0.2, -0.15) is 0 Å². The van der Waals surface area contributed by atoms with Crippen molar-refractivity contribution in [2.75, 3.05) is 0 Å². The molecule has 2 atom stereocenters. The summed E-state index contributed by atoms with van der Waals surface area (Å²) in [5.41, 5.74) is 4.82. The molecule has 0 aliphatic heterocycles. The predicted molar refractivity (Wildman–Crippen MR) is 155 cm³/mol. The topological polar surface area (TPSA) is 101 Å². The van der Waals surface area contributed by atoms with E-state index in [1.54, 1.807) is 20.8 Å². The molecule has 1 amide bonds. The third-order valence-electron chi connectivity index (χ3n) is 5.74. The Labute approximate surface area is 232 Å². The average Bonchev–Trinajstić information content (AvgIpc) is 2.94. The van der Waals surface area contributed by atoms with Crippen molar-refractivity contribution in [1.29, 1.82) is 0 Å². The molecule has 0 aliphatic rings. The van der Waals surface area contributed by atoms with Crippen LogP contribution >= 0.6 is 11.8 Å². The molecular weight excluding hydrogens is 510 g/mol. The molecule has 1 heterocycles. The number of thioether (sulfide) groups is 1. The van der Waals surface area contributed by atoms with Crippen LogP contribution in [0.5, 0.6) is 0 Å². The highest BCUT2D eigenvalue weighted by atomic mass is 32.2. The summed E-state index contributed by atoms with van der Waals surface area (Å²) in [6, 6.07) is 29.8. The summed E-state index contributed by atoms with van der Waals surface area (Å²) in [5.74, 6) is -0.0419. The molecule has 1 aromatic heterocycles. The third kappa shape index (κ3) is 7.75. The zero-order valence-corrected chi connectivity index (χ0v) is 22.9. The largest absolute Gasteiger partial charge is 0.479 e. The lowest BCUT2D eigenvalue weighted by atomic mass is 10.1. The van der Waals surface area contributed by atoms with Gasteiger partial charge in [-0.05, 0) is 32.4 Å². The number of carbonyl (C=O) groups excluding carboxylic acids is 1. The minimum atomic E-state index is -1.19. The van der Waals surface area contributed by atoms with Crippen LogP contribution in [0.1, 0.15) is 26.3 Å². The normalized spacial score (nSPS) is 12.9. The molecule has 0 fully saturated rings. The van der Waals surface area contributed by atoms with Crippen molar-refractivity contribution in [1.82, 2.24) is 15.3 Å². The highest BCUT2D eigenvalue weighted by molar-refractivity contribution is 7.99. The number of nitrogens with one attached hydrogen (secondary N) is 1. The van der Waals surface area contributed by atoms with Gasteiger partial charge in [-0.3, -0.25) is 4.79 Å². The lowest BCUT2D eigenvalue weighted by Gasteiger charge is -2.30. The van der Waals surface area contributed by atoms with Crippen LogP contribution in [0.15, 0.2) is 91.0 Å². The predicted octanol–water partition coefficient (Wildman–Crippen LogP) is 6.05. The fourth-order valence-corrected chi connectivity index (χ4v) is 5.00. The number of aliphatic carboxylic acids is 1. The van der Waals surface area contributed by atoms with Crippen molar-refractivity contribution >= 4 is 24.1 Å². The van der Waals surface area contributed by atoms with Gasteiger partial charge < -0.3 is 15.2 Å². The summed E-state index contributed by atoms with van der Waals surface area (Å²) in [5, 5.41) is 11.5. The first-order chi connectivity index (χ1) is 18.7. The monoisotopic (exact) mass is 541 g/mol. The van der Waals surface area contributed by atoms with Crippen molar-refractivity contribution in [2.45, 2.75) is 43.6 Å². The fraction of sp³-hybridized carbons (Fsp3) is 0.226. The third-order valence-corrected chi connectivity index (χ3v) is 6.98. The van der Waals surface area contributed by atoms with Gasteiger partial charge in [0.25, 0.3) is 0 Å². The smallest absolute Gasteiger partial charge is 0.335 e. The van der Waals surface area contributed by atoms with Gasteiger partial charge in [-0.25, -0.2) is 14.8 Å². The first-order valence-corrected chi connectivity index (χ1v) is 13.6. The highest BCUT2D eigenvalue weighted by Gasteiger charge is 2.33. The molecule has 39 heavy (non-hydrogen) atoms. The Kier molecular flexibility index (Phi) is 9.11. The molecule has 0 bridgehead atoms. The van der Waals surface area contributed by atoms with Gasteiger partial charge in [0.05, 0.1) is 17.0 Å². The second-order valence-electron chi connectivity index (χ2n) is 9.90. The van der Waals surface area contributed by atoms with Crippen molar-refractivity contribution in [3.8, 4) is 33.9 Å². The van der Waals surface area contributed by atoms with Gasteiger partial charge in [0.1, 0.15) is 5.37 Å². The first-order valence-electron chi connectivity index (χ1n) is 12.5. The number of ether oxygens (including phenoxy) is 1. The summed E-state index contributed by atoms with van der Waals surface area (Å²) in [6.45, 7) is 5.34. The Morgan fingerprint density at radius 2 is 1.44 bits per heavy atom. The number of carbonyl (C=O) groups is 2. The molecule has 0 radical (unpaired) electrons. The van der Waals surface area contributed by atoms with E-state index in [0.717, 1.165) is 33.6 Å². The second kappa shape index (κ2) is 12.7. The molecular formula is C31H31N3O4S. The zero-order valence-electron chi connectivity index (χ0n) is 22.1. The maximum absolute atomic E-state index is 11.9. The minimum absolute atomic E-state index is 0.475. The van der Waals surface area contributed by atoms with E-state index < -0.39 is 23.0 Å². The number of amides is 1. The Morgan fingerprint density at radius 3 is 1.90 bits per heavy atom. The summed E-state index contributed by atoms with van der Waals surface area (Å²) < 4.78 is 5.72. The first kappa shape index (κ1) is 28.0. The van der Waals surface area contributed by atoms with Crippen molar-refractivity contribution < 1.29 is 19.4 Å². The number of rotatable bonds is 11. The van der Waals surface area contributed by atoms with Crippen LogP contribution in [0.2, 0.25) is 0 Å². The van der Waals surface area contributed by atoms with Gasteiger partial charge in [0.15, 0.2) is 11.9 Å². The van der Waals surface area contributed by atoms with Crippen molar-refractivity contribution in [2.24, 2.45) is 0 Å². The standard InChI is InChI=1S/C31H31N3O4S/c1-31(2,3)38-27(30(36)37)29(32-20-35)39-19-21-14-16-24(17-15-21)28-33-25(22-10-6-4-7-11-22)18-26(34-28)23-12-8-5-9-13-23/h4-18,20,27,29H,19H2,1-3H3,(H,32,35)(H,36,37). The van der Waals surface area contributed by atoms with E-state index in [-0.39, 0.29) is 0 Å². The number of hydrogen-bond donors (Lipinski definition) is 2. The van der Waals surface area contributed by atoms with E-state index in [1.165, 1.54) is 11.8 Å². The maximum Gasteiger partial charge on any atom is 0.335 e. The maximum atomic E-state index is 11.9. The number of hydrogen-bond acceptors (Lipinski definition) is 6. The SMILES string of the molecule is CC(C)(C)OC(C(=O)O)C(NC=O)SCc1ccc(-c2nc(-c3ccccc3)cc(-c3ccccc3)n2)cc1. The minimum Gasteiger partial charge on any atom is -0.479 e. The van der Waals surface area contributed by atoms with Gasteiger partial charge in [0.2, 0.25) is 6.41 Å². The van der Waals surface area contributed by atoms with E-state index in [1.807, 2.05) is 91.0 Å². The number of aromatic nitrogens is 2. The molecule has 0 aliphatic carbocycles. The molecule has 7 nitrogen and oxygen atoms in total. The lowest BCUT2D eigenvalue weighted by Crippen LogP contribution is -2.46. The van der Waals surface area contributed by atoms with Gasteiger partial charge >= 0.3 is 5.97 Å². The van der Waals surface area contributed by atoms with Crippen LogP contribution < -0.4 is 5.32 Å². The molecule has 0 saturated carbocycles. The van der Waals surface area contributed by atoms with Crippen molar-refractivity contribution in [3.05, 3.63) is 96.6 Å². The zero-order chi connectivity index (χ0) is 27.8. The summed E-state index contributed by atoms with van der Waals surface area (Å²) in [6.07, 6.45) is -0.686. The van der Waals surface area contributed by atoms with Crippen LogP contribution in [0.3, 0.4) is 0 Å². The van der Waals surface area contributed by atoms with Crippen LogP contribution in [-0.2, 0) is 20.1 Å². The highest BCUT2D eigenvalue weighted by Crippen LogP contribution is 2.29. The number of nitrogens with zero attached hydrogens (tertiary/aromatic N) is 2. The Bertz CT molecular complexity index is 1330. The Morgan fingerprint density at radius 1 is 0.897 bits per heavy atom. The molecule has 0 spiro atoms. The van der Waals surface area contributed by atoms with Gasteiger partial charge in [-0.1, -0.05) is 84.9 Å². The van der Waals surface area contributed by atoms with Gasteiger partial charge in [0, 0.05) is 22.4 Å². The molecule has 0 saturated heterocycles. The number of carboxylic acid groups (broad SMARTS) is 1. The average molecular weight is 542 g/mol. The molecule has 4 rings (SSSR count). The van der Waals surface area contributed by atoms with Crippen LogP contribution in [0, 0.1) is 0 Å². The molecule has 3 aromatic carbocycles. The quantitative estimate of drug-likeness (QED) is 0.176. The summed E-state index contributed by atoms with van der Waals surface area (Å²) in [4.78, 5) is 32.8. The van der Waals surface area contributed by atoms with Crippen LogP contribution in [0.25, 0.3) is 33.9 Å². The van der Waals surface area contributed by atoms with E-state index >= 15 is 0 Å². The molecule has 2 unspecified atom stereocenters. The number of benzene rings is 3.